The standard InChI is InChI=1S/C28H41F3N2O3/c1-4-19(2)27(12-7-23(8-13-27)32(3)24-10-15-36-16-11-24)26(35)33-14-9-20-5-6-21(17-22(20)18-33)25(34)28(29,30)31/h5-6,17,19,23-25,34H,4,7-16,18H2,1-3H3. The van der Waals surface area contributed by atoms with Gasteiger partial charge in [-0.1, -0.05) is 38.5 Å². The van der Waals surface area contributed by atoms with Crippen molar-refractivity contribution in [3.63, 3.8) is 0 Å². The number of fused-ring (bicyclic) bond motifs is 1. The Kier molecular flexibility index (Phi) is 8.37. The molecular formula is C28H41F3N2O3. The minimum absolute atomic E-state index is 0.149. The molecule has 0 spiro atoms. The number of carbonyl (C=O) groups is 1. The fourth-order valence-corrected chi connectivity index (χ4v) is 6.65. The van der Waals surface area contributed by atoms with Gasteiger partial charge in [-0.15, -0.1) is 0 Å². The summed E-state index contributed by atoms with van der Waals surface area (Å²) < 4.78 is 44.8. The maximum absolute atomic E-state index is 14.1. The van der Waals surface area contributed by atoms with Crippen LogP contribution in [0.5, 0.6) is 0 Å². The number of halogens is 3. The Bertz CT molecular complexity index is 908. The predicted octanol–water partition coefficient (Wildman–Crippen LogP) is 5.25. The second-order valence-corrected chi connectivity index (χ2v) is 11.2. The van der Waals surface area contributed by atoms with Crippen LogP contribution in [-0.2, 0) is 22.5 Å². The van der Waals surface area contributed by atoms with E-state index in [1.807, 2.05) is 4.90 Å². The van der Waals surface area contributed by atoms with Gasteiger partial charge in [0.15, 0.2) is 6.10 Å². The molecule has 2 aliphatic heterocycles. The second-order valence-electron chi connectivity index (χ2n) is 11.2. The molecule has 4 rings (SSSR count). The van der Waals surface area contributed by atoms with Crippen LogP contribution < -0.4 is 0 Å². The van der Waals surface area contributed by atoms with Gasteiger partial charge < -0.3 is 19.6 Å². The van der Waals surface area contributed by atoms with Gasteiger partial charge in [0.1, 0.15) is 0 Å². The number of ether oxygens (including phenoxy) is 1. The first kappa shape index (κ1) is 27.4. The van der Waals surface area contributed by atoms with E-state index in [0.29, 0.717) is 37.2 Å². The molecule has 2 unspecified atom stereocenters. The van der Waals surface area contributed by atoms with Crippen LogP contribution in [0.2, 0.25) is 0 Å². The van der Waals surface area contributed by atoms with E-state index in [4.69, 9.17) is 4.74 Å². The Hall–Kier alpha value is -1.64. The minimum atomic E-state index is -4.71. The lowest BCUT2D eigenvalue weighted by atomic mass is 9.63. The van der Waals surface area contributed by atoms with Crippen LogP contribution in [0.1, 0.15) is 81.6 Å². The number of alkyl halides is 3. The van der Waals surface area contributed by atoms with Crippen molar-refractivity contribution in [1.82, 2.24) is 9.80 Å². The molecule has 1 N–H and O–H groups in total. The first-order chi connectivity index (χ1) is 17.1. The molecular weight excluding hydrogens is 469 g/mol. The first-order valence-corrected chi connectivity index (χ1v) is 13.5. The van der Waals surface area contributed by atoms with Crippen LogP contribution in [0.4, 0.5) is 13.2 Å². The summed E-state index contributed by atoms with van der Waals surface area (Å²) in [6.07, 6.45) is 0.0741. The van der Waals surface area contributed by atoms with E-state index in [2.05, 4.69) is 25.8 Å². The number of rotatable bonds is 6. The zero-order chi connectivity index (χ0) is 26.1. The normalized spacial score (nSPS) is 27.6. The van der Waals surface area contributed by atoms with Gasteiger partial charge in [-0.2, -0.15) is 13.2 Å². The highest BCUT2D eigenvalue weighted by Gasteiger charge is 2.48. The Morgan fingerprint density at radius 2 is 1.81 bits per heavy atom. The van der Waals surface area contributed by atoms with Gasteiger partial charge in [0.25, 0.3) is 0 Å². The molecule has 2 atom stereocenters. The third-order valence-corrected chi connectivity index (χ3v) is 9.33. The Morgan fingerprint density at radius 3 is 2.42 bits per heavy atom. The molecule has 8 heteroatoms. The molecule has 5 nitrogen and oxygen atoms in total. The number of aliphatic hydroxyl groups excluding tert-OH is 1. The third-order valence-electron chi connectivity index (χ3n) is 9.33. The molecule has 0 aromatic heterocycles. The second kappa shape index (κ2) is 11.0. The number of benzene rings is 1. The molecule has 1 aliphatic carbocycles. The van der Waals surface area contributed by atoms with E-state index < -0.39 is 17.7 Å². The lowest BCUT2D eigenvalue weighted by Gasteiger charge is -2.49. The Morgan fingerprint density at radius 1 is 1.17 bits per heavy atom. The molecule has 0 radical (unpaired) electrons. The maximum Gasteiger partial charge on any atom is 0.418 e. The van der Waals surface area contributed by atoms with E-state index in [9.17, 15) is 23.1 Å². The quantitative estimate of drug-likeness (QED) is 0.568. The van der Waals surface area contributed by atoms with E-state index in [0.717, 1.165) is 63.7 Å². The molecule has 1 amide bonds. The van der Waals surface area contributed by atoms with Crippen LogP contribution in [0.25, 0.3) is 0 Å². The Balaban J connectivity index is 1.48. The summed E-state index contributed by atoms with van der Waals surface area (Å²) in [4.78, 5) is 18.5. The van der Waals surface area contributed by atoms with Gasteiger partial charge in [-0.05, 0) is 74.6 Å². The van der Waals surface area contributed by atoms with Crippen molar-refractivity contribution >= 4 is 5.91 Å². The van der Waals surface area contributed by atoms with Crippen LogP contribution >= 0.6 is 0 Å². The van der Waals surface area contributed by atoms with Crippen LogP contribution in [-0.4, -0.2) is 65.9 Å². The van der Waals surface area contributed by atoms with Crippen molar-refractivity contribution in [2.24, 2.45) is 11.3 Å². The van der Waals surface area contributed by atoms with Crippen molar-refractivity contribution in [3.05, 3.63) is 34.9 Å². The zero-order valence-corrected chi connectivity index (χ0v) is 21.8. The summed E-state index contributed by atoms with van der Waals surface area (Å²) in [6.45, 7) is 6.82. The molecule has 1 aromatic rings. The smallest absolute Gasteiger partial charge is 0.381 e. The van der Waals surface area contributed by atoms with Gasteiger partial charge in [0.2, 0.25) is 5.91 Å². The molecule has 2 fully saturated rings. The molecule has 36 heavy (non-hydrogen) atoms. The van der Waals surface area contributed by atoms with Crippen molar-refractivity contribution in [2.45, 2.75) is 96.1 Å². The van der Waals surface area contributed by atoms with Crippen molar-refractivity contribution in [2.75, 3.05) is 26.8 Å². The van der Waals surface area contributed by atoms with Crippen molar-refractivity contribution < 1.29 is 27.8 Å². The average Bonchev–Trinajstić information content (AvgIpc) is 2.90. The first-order valence-electron chi connectivity index (χ1n) is 13.5. The molecule has 1 aromatic carbocycles. The van der Waals surface area contributed by atoms with Crippen LogP contribution in [0.3, 0.4) is 0 Å². The van der Waals surface area contributed by atoms with Crippen LogP contribution in [0, 0.1) is 11.3 Å². The fraction of sp³-hybridized carbons (Fsp3) is 0.750. The van der Waals surface area contributed by atoms with Crippen molar-refractivity contribution in [3.8, 4) is 0 Å². The van der Waals surface area contributed by atoms with Crippen molar-refractivity contribution in [1.29, 1.82) is 0 Å². The zero-order valence-electron chi connectivity index (χ0n) is 21.8. The molecule has 1 saturated heterocycles. The predicted molar refractivity (Wildman–Crippen MR) is 132 cm³/mol. The highest BCUT2D eigenvalue weighted by atomic mass is 19.4. The molecule has 3 aliphatic rings. The third kappa shape index (κ3) is 5.46. The number of carbonyl (C=O) groups excluding carboxylic acids is 1. The van der Waals surface area contributed by atoms with Gasteiger partial charge in [-0.25, -0.2) is 0 Å². The molecule has 2 heterocycles. The van der Waals surface area contributed by atoms with Gasteiger partial charge in [0, 0.05) is 38.4 Å². The van der Waals surface area contributed by atoms with Gasteiger partial charge in [-0.3, -0.25) is 4.79 Å². The number of hydrogen-bond donors (Lipinski definition) is 1. The monoisotopic (exact) mass is 510 g/mol. The van der Waals surface area contributed by atoms with Gasteiger partial charge >= 0.3 is 6.18 Å². The SMILES string of the molecule is CCC(C)C1(C(=O)N2CCc3ccc(C(O)C(F)(F)F)cc3C2)CCC(N(C)C2CCOCC2)CC1. The molecule has 0 bridgehead atoms. The highest BCUT2D eigenvalue weighted by Crippen LogP contribution is 2.47. The van der Waals surface area contributed by atoms with E-state index in [-0.39, 0.29) is 17.4 Å². The summed E-state index contributed by atoms with van der Waals surface area (Å²) >= 11 is 0. The van der Waals surface area contributed by atoms with E-state index >= 15 is 0 Å². The minimum Gasteiger partial charge on any atom is -0.381 e. The van der Waals surface area contributed by atoms with Crippen LogP contribution in [0.15, 0.2) is 18.2 Å². The number of hydrogen-bond acceptors (Lipinski definition) is 4. The Labute approximate surface area is 213 Å². The van der Waals surface area contributed by atoms with E-state index in [1.165, 1.54) is 12.1 Å². The number of nitrogens with zero attached hydrogens (tertiary/aromatic N) is 2. The van der Waals surface area contributed by atoms with Gasteiger partial charge in [0.05, 0.1) is 5.41 Å². The number of amides is 1. The largest absolute Gasteiger partial charge is 0.418 e. The fourth-order valence-electron chi connectivity index (χ4n) is 6.65. The lowest BCUT2D eigenvalue weighted by molar-refractivity contribution is -0.206. The molecule has 202 valence electrons. The number of aliphatic hydroxyl groups is 1. The maximum atomic E-state index is 14.1. The topological polar surface area (TPSA) is 53.0 Å². The highest BCUT2D eigenvalue weighted by molar-refractivity contribution is 5.83. The lowest BCUT2D eigenvalue weighted by Crippen LogP contribution is -2.53. The summed E-state index contributed by atoms with van der Waals surface area (Å²) in [5.74, 6) is 0.385. The summed E-state index contributed by atoms with van der Waals surface area (Å²) in [5, 5.41) is 9.73. The van der Waals surface area contributed by atoms with E-state index in [1.54, 1.807) is 6.07 Å². The summed E-state index contributed by atoms with van der Waals surface area (Å²) in [6, 6.07) is 5.46. The summed E-state index contributed by atoms with van der Waals surface area (Å²) in [5.41, 5.74) is 1.07. The average molecular weight is 511 g/mol. The summed E-state index contributed by atoms with van der Waals surface area (Å²) in [7, 11) is 2.22. The molecule has 1 saturated carbocycles.